The molecule has 27 heavy (non-hydrogen) atoms. The first kappa shape index (κ1) is 17.0. The van der Waals surface area contributed by atoms with Gasteiger partial charge in [-0.1, -0.05) is 36.4 Å². The Morgan fingerprint density at radius 3 is 2.70 bits per heavy atom. The summed E-state index contributed by atoms with van der Waals surface area (Å²) in [5.41, 5.74) is 11.2. The van der Waals surface area contributed by atoms with Crippen molar-refractivity contribution >= 4 is 22.6 Å². The maximum atomic E-state index is 12.9. The van der Waals surface area contributed by atoms with Gasteiger partial charge in [0, 0.05) is 29.4 Å². The summed E-state index contributed by atoms with van der Waals surface area (Å²) in [7, 11) is 0. The number of carbonyl (C=O) groups excluding carboxylic acids is 1. The van der Waals surface area contributed by atoms with Crippen molar-refractivity contribution in [1.82, 2.24) is 9.97 Å². The minimum Gasteiger partial charge on any atom is -0.346 e. The SMILES string of the molecule is CC(N)c1ccc(C(=O)Nc2ccnc3[nH]ccc23)cc1-c1ccccc1. The van der Waals surface area contributed by atoms with Crippen LogP contribution in [0.1, 0.15) is 28.9 Å². The molecule has 0 bridgehead atoms. The number of aromatic amines is 1. The lowest BCUT2D eigenvalue weighted by molar-refractivity contribution is 0.102. The fourth-order valence-electron chi connectivity index (χ4n) is 3.23. The highest BCUT2D eigenvalue weighted by Crippen LogP contribution is 2.29. The van der Waals surface area contributed by atoms with Crippen molar-refractivity contribution in [2.45, 2.75) is 13.0 Å². The number of carbonyl (C=O) groups is 1. The normalized spacial score (nSPS) is 12.1. The Labute approximate surface area is 157 Å². The number of pyridine rings is 1. The number of nitrogens with one attached hydrogen (secondary N) is 2. The van der Waals surface area contributed by atoms with E-state index in [1.54, 1.807) is 18.5 Å². The lowest BCUT2D eigenvalue weighted by Gasteiger charge is -2.15. The molecule has 134 valence electrons. The topological polar surface area (TPSA) is 83.8 Å². The second-order valence-corrected chi connectivity index (χ2v) is 6.51. The molecule has 4 rings (SSSR count). The van der Waals surface area contributed by atoms with Crippen LogP contribution in [0.2, 0.25) is 0 Å². The Hall–Kier alpha value is -3.44. The molecule has 0 saturated heterocycles. The van der Waals surface area contributed by atoms with E-state index in [2.05, 4.69) is 15.3 Å². The maximum Gasteiger partial charge on any atom is 0.255 e. The molecule has 0 aliphatic carbocycles. The minimum absolute atomic E-state index is 0.128. The molecule has 5 heteroatoms. The number of nitrogens with two attached hydrogens (primary N) is 1. The number of nitrogens with zero attached hydrogens (tertiary/aromatic N) is 1. The quantitative estimate of drug-likeness (QED) is 0.503. The fourth-order valence-corrected chi connectivity index (χ4v) is 3.23. The standard InChI is InChI=1S/C22H20N4O/c1-14(23)17-8-7-16(13-19(17)15-5-3-2-4-6-15)22(27)26-20-10-12-25-21-18(20)9-11-24-21/h2-14H,23H2,1H3,(H2,24,25,26,27). The number of H-pyrrole nitrogens is 1. The van der Waals surface area contributed by atoms with Gasteiger partial charge in [-0.25, -0.2) is 4.98 Å². The number of hydrogen-bond acceptors (Lipinski definition) is 3. The van der Waals surface area contributed by atoms with Gasteiger partial charge < -0.3 is 16.0 Å². The van der Waals surface area contributed by atoms with Crippen molar-refractivity contribution in [3.63, 3.8) is 0 Å². The van der Waals surface area contributed by atoms with Gasteiger partial charge in [-0.2, -0.15) is 0 Å². The van der Waals surface area contributed by atoms with E-state index in [4.69, 9.17) is 5.73 Å². The van der Waals surface area contributed by atoms with Gasteiger partial charge in [0.15, 0.2) is 0 Å². The van der Waals surface area contributed by atoms with Crippen molar-refractivity contribution in [2.75, 3.05) is 5.32 Å². The molecule has 2 aromatic carbocycles. The number of aromatic nitrogens is 2. The summed E-state index contributed by atoms with van der Waals surface area (Å²) in [6, 6.07) is 19.2. The average molecular weight is 356 g/mol. The fraction of sp³-hybridized carbons (Fsp3) is 0.0909. The average Bonchev–Trinajstić information content (AvgIpc) is 3.18. The first-order valence-electron chi connectivity index (χ1n) is 8.82. The third-order valence-corrected chi connectivity index (χ3v) is 4.60. The summed E-state index contributed by atoms with van der Waals surface area (Å²) in [6.45, 7) is 1.95. The van der Waals surface area contributed by atoms with E-state index in [0.29, 0.717) is 5.56 Å². The molecule has 4 N–H and O–H groups in total. The van der Waals surface area contributed by atoms with Crippen molar-refractivity contribution in [3.05, 3.63) is 84.2 Å². The maximum absolute atomic E-state index is 12.9. The molecule has 2 heterocycles. The predicted molar refractivity (Wildman–Crippen MR) is 109 cm³/mol. The van der Waals surface area contributed by atoms with Crippen molar-refractivity contribution in [2.24, 2.45) is 5.73 Å². The van der Waals surface area contributed by atoms with E-state index in [0.717, 1.165) is 33.4 Å². The van der Waals surface area contributed by atoms with Gasteiger partial charge in [0.2, 0.25) is 0 Å². The summed E-state index contributed by atoms with van der Waals surface area (Å²) in [6.07, 6.45) is 3.47. The summed E-state index contributed by atoms with van der Waals surface area (Å²) in [5.74, 6) is -0.169. The predicted octanol–water partition coefficient (Wildman–Crippen LogP) is 4.50. The van der Waals surface area contributed by atoms with Gasteiger partial charge in [0.05, 0.1) is 5.69 Å². The zero-order valence-corrected chi connectivity index (χ0v) is 14.9. The van der Waals surface area contributed by atoms with Crippen LogP contribution in [0, 0.1) is 0 Å². The molecular weight excluding hydrogens is 336 g/mol. The molecule has 0 aliphatic heterocycles. The van der Waals surface area contributed by atoms with Crippen LogP contribution in [0.4, 0.5) is 5.69 Å². The van der Waals surface area contributed by atoms with Crippen molar-refractivity contribution < 1.29 is 4.79 Å². The molecule has 1 amide bonds. The second-order valence-electron chi connectivity index (χ2n) is 6.51. The van der Waals surface area contributed by atoms with Crippen LogP contribution in [0.3, 0.4) is 0 Å². The van der Waals surface area contributed by atoms with Crippen molar-refractivity contribution in [3.8, 4) is 11.1 Å². The van der Waals surface area contributed by atoms with Crippen molar-refractivity contribution in [1.29, 1.82) is 0 Å². The van der Waals surface area contributed by atoms with Crippen LogP contribution < -0.4 is 11.1 Å². The van der Waals surface area contributed by atoms with Gasteiger partial charge in [-0.05, 0) is 47.9 Å². The van der Waals surface area contributed by atoms with Crippen LogP contribution in [-0.4, -0.2) is 15.9 Å². The van der Waals surface area contributed by atoms with E-state index >= 15 is 0 Å². The highest BCUT2D eigenvalue weighted by Gasteiger charge is 2.14. The van der Waals surface area contributed by atoms with E-state index < -0.39 is 0 Å². The van der Waals surface area contributed by atoms with E-state index in [1.807, 2.05) is 61.5 Å². The molecule has 0 aliphatic rings. The molecule has 0 radical (unpaired) electrons. The van der Waals surface area contributed by atoms with E-state index in [-0.39, 0.29) is 11.9 Å². The molecule has 4 aromatic rings. The van der Waals surface area contributed by atoms with Crippen LogP contribution >= 0.6 is 0 Å². The molecule has 0 fully saturated rings. The molecule has 1 atom stereocenters. The molecule has 0 spiro atoms. The van der Waals surface area contributed by atoms with Gasteiger partial charge >= 0.3 is 0 Å². The first-order valence-corrected chi connectivity index (χ1v) is 8.82. The Kier molecular flexibility index (Phi) is 4.44. The van der Waals surface area contributed by atoms with Gasteiger partial charge in [-0.3, -0.25) is 4.79 Å². The monoisotopic (exact) mass is 356 g/mol. The smallest absolute Gasteiger partial charge is 0.255 e. The lowest BCUT2D eigenvalue weighted by Crippen LogP contribution is -2.14. The van der Waals surface area contributed by atoms with E-state index in [1.165, 1.54) is 0 Å². The molecular formula is C22H20N4O. The summed E-state index contributed by atoms with van der Waals surface area (Å²) in [5, 5.41) is 3.86. The number of rotatable bonds is 4. The number of fused-ring (bicyclic) bond motifs is 1. The van der Waals surface area contributed by atoms with Gasteiger partial charge in [-0.15, -0.1) is 0 Å². The highest BCUT2D eigenvalue weighted by molar-refractivity contribution is 6.08. The third kappa shape index (κ3) is 3.32. The highest BCUT2D eigenvalue weighted by atomic mass is 16.1. The summed E-state index contributed by atoms with van der Waals surface area (Å²) < 4.78 is 0. The zero-order valence-electron chi connectivity index (χ0n) is 14.9. The largest absolute Gasteiger partial charge is 0.346 e. The summed E-state index contributed by atoms with van der Waals surface area (Å²) in [4.78, 5) is 20.2. The van der Waals surface area contributed by atoms with E-state index in [9.17, 15) is 4.79 Å². The minimum atomic E-state index is -0.169. The number of amides is 1. The molecule has 5 nitrogen and oxygen atoms in total. The number of anilines is 1. The Balaban J connectivity index is 1.71. The Morgan fingerprint density at radius 1 is 1.11 bits per heavy atom. The van der Waals surface area contributed by atoms with Crippen LogP contribution in [0.25, 0.3) is 22.2 Å². The second kappa shape index (κ2) is 7.05. The van der Waals surface area contributed by atoms with Gasteiger partial charge in [0.25, 0.3) is 5.91 Å². The van der Waals surface area contributed by atoms with Crippen LogP contribution in [0.5, 0.6) is 0 Å². The summed E-state index contributed by atoms with van der Waals surface area (Å²) >= 11 is 0. The lowest BCUT2D eigenvalue weighted by atomic mass is 9.93. The third-order valence-electron chi connectivity index (χ3n) is 4.60. The molecule has 0 saturated carbocycles. The van der Waals surface area contributed by atoms with Gasteiger partial charge in [0.1, 0.15) is 5.65 Å². The van der Waals surface area contributed by atoms with Crippen LogP contribution in [0.15, 0.2) is 73.1 Å². The Bertz CT molecular complexity index is 1100. The molecule has 1 unspecified atom stereocenters. The number of benzene rings is 2. The zero-order chi connectivity index (χ0) is 18.8. The first-order chi connectivity index (χ1) is 13.1. The number of hydrogen-bond donors (Lipinski definition) is 3. The molecule has 2 aromatic heterocycles. The van der Waals surface area contributed by atoms with Crippen LogP contribution in [-0.2, 0) is 0 Å². The Morgan fingerprint density at radius 2 is 1.93 bits per heavy atom.